The highest BCUT2D eigenvalue weighted by molar-refractivity contribution is 6.29. The van der Waals surface area contributed by atoms with E-state index >= 15 is 0 Å². The predicted octanol–water partition coefficient (Wildman–Crippen LogP) is 5.34. The second-order valence-corrected chi connectivity index (χ2v) is 6.78. The molecule has 2 rings (SSSR count). The van der Waals surface area contributed by atoms with Gasteiger partial charge in [-0.05, 0) is 11.5 Å². The minimum atomic E-state index is -0.00566. The van der Waals surface area contributed by atoms with Crippen molar-refractivity contribution in [2.24, 2.45) is 0 Å². The summed E-state index contributed by atoms with van der Waals surface area (Å²) in [6, 6.07) is 9.64. The lowest BCUT2D eigenvalue weighted by atomic mass is 9.86. The van der Waals surface area contributed by atoms with E-state index in [0.717, 1.165) is 11.3 Å². The van der Waals surface area contributed by atoms with E-state index in [1.165, 1.54) is 0 Å². The lowest BCUT2D eigenvalue weighted by Crippen LogP contribution is -2.12. The molecule has 0 aliphatic rings. The molecule has 0 N–H and O–H groups in total. The number of rotatable bonds is 3. The zero-order valence-corrected chi connectivity index (χ0v) is 13.9. The summed E-state index contributed by atoms with van der Waals surface area (Å²) in [6.45, 7) is 10.5. The molecular formula is C17H21ClN2O. The van der Waals surface area contributed by atoms with Gasteiger partial charge in [0.25, 0.3) is 0 Å². The van der Waals surface area contributed by atoms with E-state index in [4.69, 9.17) is 16.3 Å². The van der Waals surface area contributed by atoms with Crippen LogP contribution in [0, 0.1) is 0 Å². The Morgan fingerprint density at radius 3 is 2.38 bits per heavy atom. The molecule has 0 fully saturated rings. The van der Waals surface area contributed by atoms with E-state index in [-0.39, 0.29) is 11.3 Å². The summed E-state index contributed by atoms with van der Waals surface area (Å²) in [7, 11) is 0. The second kappa shape index (κ2) is 6.02. The molecule has 21 heavy (non-hydrogen) atoms. The second-order valence-electron chi connectivity index (χ2n) is 6.39. The van der Waals surface area contributed by atoms with Crippen LogP contribution in [-0.4, -0.2) is 9.97 Å². The fourth-order valence-corrected chi connectivity index (χ4v) is 2.19. The highest BCUT2D eigenvalue weighted by Gasteiger charge is 2.19. The molecule has 0 radical (unpaired) electrons. The number of ether oxygens (including phenoxy) is 1. The van der Waals surface area contributed by atoms with Crippen molar-refractivity contribution in [3.8, 4) is 11.6 Å². The molecule has 0 atom stereocenters. The number of para-hydroxylation sites is 1. The van der Waals surface area contributed by atoms with Crippen molar-refractivity contribution in [3.63, 3.8) is 0 Å². The number of aromatic nitrogens is 2. The highest BCUT2D eigenvalue weighted by Crippen LogP contribution is 2.34. The van der Waals surface area contributed by atoms with Crippen LogP contribution in [0.4, 0.5) is 0 Å². The van der Waals surface area contributed by atoms with Crippen LogP contribution in [0.1, 0.15) is 51.9 Å². The van der Waals surface area contributed by atoms with Crippen LogP contribution in [0.3, 0.4) is 0 Å². The fourth-order valence-electron chi connectivity index (χ4n) is 2.01. The molecule has 1 heterocycles. The topological polar surface area (TPSA) is 35.0 Å². The van der Waals surface area contributed by atoms with Crippen LogP contribution in [-0.2, 0) is 5.41 Å². The largest absolute Gasteiger partial charge is 0.439 e. The van der Waals surface area contributed by atoms with Crippen molar-refractivity contribution in [1.82, 2.24) is 9.97 Å². The molecule has 0 spiro atoms. The number of hydrogen-bond donors (Lipinski definition) is 0. The zero-order valence-electron chi connectivity index (χ0n) is 13.1. The first-order valence-corrected chi connectivity index (χ1v) is 7.47. The first-order valence-electron chi connectivity index (χ1n) is 7.09. The van der Waals surface area contributed by atoms with Crippen molar-refractivity contribution in [2.45, 2.75) is 46.0 Å². The Kier molecular flexibility index (Phi) is 4.52. The SMILES string of the molecule is CC(C)c1nc(Cl)cc(Oc2ccccc2C(C)(C)C)n1. The third-order valence-corrected chi connectivity index (χ3v) is 3.31. The lowest BCUT2D eigenvalue weighted by Gasteiger charge is -2.22. The first kappa shape index (κ1) is 15.8. The van der Waals surface area contributed by atoms with Crippen LogP contribution in [0.25, 0.3) is 0 Å². The molecule has 0 aliphatic heterocycles. The lowest BCUT2D eigenvalue weighted by molar-refractivity contribution is 0.435. The third-order valence-electron chi connectivity index (χ3n) is 3.11. The van der Waals surface area contributed by atoms with E-state index in [0.29, 0.717) is 16.9 Å². The molecule has 0 unspecified atom stereocenters. The molecule has 0 saturated heterocycles. The molecule has 0 amide bonds. The smallest absolute Gasteiger partial charge is 0.224 e. The summed E-state index contributed by atoms with van der Waals surface area (Å²) in [4.78, 5) is 8.65. The van der Waals surface area contributed by atoms with E-state index < -0.39 is 0 Å². The van der Waals surface area contributed by atoms with Gasteiger partial charge in [-0.25, -0.2) is 4.98 Å². The van der Waals surface area contributed by atoms with Crippen LogP contribution in [0.2, 0.25) is 5.15 Å². The van der Waals surface area contributed by atoms with Gasteiger partial charge in [0.1, 0.15) is 16.7 Å². The average Bonchev–Trinajstić information content (AvgIpc) is 2.37. The zero-order chi connectivity index (χ0) is 15.6. The highest BCUT2D eigenvalue weighted by atomic mass is 35.5. The maximum absolute atomic E-state index is 6.06. The molecule has 0 bridgehead atoms. The molecule has 4 heteroatoms. The normalized spacial score (nSPS) is 11.8. The summed E-state index contributed by atoms with van der Waals surface area (Å²) in [6.07, 6.45) is 0. The summed E-state index contributed by atoms with van der Waals surface area (Å²) >= 11 is 6.06. The van der Waals surface area contributed by atoms with Gasteiger partial charge in [0, 0.05) is 17.5 Å². The molecule has 3 nitrogen and oxygen atoms in total. The average molecular weight is 305 g/mol. The molecule has 112 valence electrons. The summed E-state index contributed by atoms with van der Waals surface area (Å²) in [5, 5.41) is 0.400. The van der Waals surface area contributed by atoms with Crippen molar-refractivity contribution < 1.29 is 4.74 Å². The number of hydrogen-bond acceptors (Lipinski definition) is 3. The van der Waals surface area contributed by atoms with Crippen LogP contribution >= 0.6 is 11.6 Å². The van der Waals surface area contributed by atoms with Crippen molar-refractivity contribution >= 4 is 11.6 Å². The van der Waals surface area contributed by atoms with Crippen molar-refractivity contribution in [3.05, 3.63) is 46.9 Å². The fraction of sp³-hybridized carbons (Fsp3) is 0.412. The van der Waals surface area contributed by atoms with Gasteiger partial charge >= 0.3 is 0 Å². The Morgan fingerprint density at radius 1 is 1.10 bits per heavy atom. The van der Waals surface area contributed by atoms with Gasteiger partial charge in [0.05, 0.1) is 0 Å². The van der Waals surface area contributed by atoms with Gasteiger partial charge in [-0.2, -0.15) is 4.98 Å². The molecule has 1 aromatic carbocycles. The van der Waals surface area contributed by atoms with Crippen molar-refractivity contribution in [1.29, 1.82) is 0 Å². The van der Waals surface area contributed by atoms with Crippen LogP contribution in [0.15, 0.2) is 30.3 Å². The predicted molar refractivity (Wildman–Crippen MR) is 86.3 cm³/mol. The third kappa shape index (κ3) is 3.94. The number of benzene rings is 1. The number of nitrogens with zero attached hydrogens (tertiary/aromatic N) is 2. The Balaban J connectivity index is 2.39. The van der Waals surface area contributed by atoms with E-state index in [2.05, 4.69) is 36.8 Å². The maximum Gasteiger partial charge on any atom is 0.224 e. The van der Waals surface area contributed by atoms with E-state index in [1.54, 1.807) is 6.07 Å². The molecule has 0 aliphatic carbocycles. The Morgan fingerprint density at radius 2 is 1.76 bits per heavy atom. The molecular weight excluding hydrogens is 284 g/mol. The summed E-state index contributed by atoms with van der Waals surface area (Å²) < 4.78 is 5.97. The molecule has 1 aromatic heterocycles. The minimum absolute atomic E-state index is 0.00566. The van der Waals surface area contributed by atoms with E-state index in [1.807, 2.05) is 32.0 Å². The van der Waals surface area contributed by atoms with E-state index in [9.17, 15) is 0 Å². The van der Waals surface area contributed by atoms with Gasteiger partial charge < -0.3 is 4.74 Å². The Hall–Kier alpha value is -1.61. The molecule has 0 saturated carbocycles. The Bertz CT molecular complexity index is 633. The summed E-state index contributed by atoms with van der Waals surface area (Å²) in [5.74, 6) is 2.17. The molecule has 2 aromatic rings. The van der Waals surface area contributed by atoms with Crippen molar-refractivity contribution in [2.75, 3.05) is 0 Å². The Labute approximate surface area is 131 Å². The van der Waals surface area contributed by atoms with Crippen LogP contribution in [0.5, 0.6) is 11.6 Å². The van der Waals surface area contributed by atoms with Gasteiger partial charge in [-0.1, -0.05) is 64.4 Å². The van der Waals surface area contributed by atoms with Gasteiger partial charge in [0.2, 0.25) is 5.88 Å². The van der Waals surface area contributed by atoms with Crippen LogP contribution < -0.4 is 4.74 Å². The summed E-state index contributed by atoms with van der Waals surface area (Å²) in [5.41, 5.74) is 1.12. The standard InChI is InChI=1S/C17H21ClN2O/c1-11(2)16-19-14(18)10-15(20-16)21-13-9-7-6-8-12(13)17(3,4)5/h6-11H,1-5H3. The van der Waals surface area contributed by atoms with Gasteiger partial charge in [-0.15, -0.1) is 0 Å². The minimum Gasteiger partial charge on any atom is -0.439 e. The first-order chi connectivity index (χ1) is 9.77. The number of halogens is 1. The quantitative estimate of drug-likeness (QED) is 0.718. The van der Waals surface area contributed by atoms with Gasteiger partial charge in [0.15, 0.2) is 0 Å². The maximum atomic E-state index is 6.06. The monoisotopic (exact) mass is 304 g/mol. The van der Waals surface area contributed by atoms with Gasteiger partial charge in [-0.3, -0.25) is 0 Å².